The van der Waals surface area contributed by atoms with Crippen molar-refractivity contribution in [3.8, 4) is 0 Å². The number of hydrogen-bond acceptors (Lipinski definition) is 3. The molecule has 0 aliphatic carbocycles. The third kappa shape index (κ3) is 21.3. The summed E-state index contributed by atoms with van der Waals surface area (Å²) < 4.78 is 16.7. The first-order valence-electron chi connectivity index (χ1n) is 12.9. The van der Waals surface area contributed by atoms with E-state index in [-0.39, 0.29) is 0 Å². The smallest absolute Gasteiger partial charge is 0.374 e. The maximum absolute atomic E-state index is 5.93. The van der Waals surface area contributed by atoms with Gasteiger partial charge >= 0.3 is 8.80 Å². The average molecular weight is 520 g/mol. The molecule has 0 unspecified atom stereocenters. The van der Waals surface area contributed by atoms with Crippen molar-refractivity contribution in [2.75, 3.05) is 19.8 Å². The quantitative estimate of drug-likeness (QED) is 0.0763. The number of unbranched alkanes of at least 4 members (excludes halogenated alkanes) is 14. The molecule has 0 aromatic carbocycles. The maximum Gasteiger partial charge on any atom is 0.500 e. The van der Waals surface area contributed by atoms with Crippen molar-refractivity contribution in [1.29, 1.82) is 0 Å². The van der Waals surface area contributed by atoms with Crippen molar-refractivity contribution in [3.63, 3.8) is 0 Å². The third-order valence-electron chi connectivity index (χ3n) is 5.54. The lowest BCUT2D eigenvalue weighted by Gasteiger charge is -2.28. The van der Waals surface area contributed by atoms with Crippen LogP contribution in [0.2, 0.25) is 6.04 Å². The Bertz CT molecular complexity index is 365. The van der Waals surface area contributed by atoms with E-state index >= 15 is 0 Å². The molecule has 0 rings (SSSR count). The van der Waals surface area contributed by atoms with Crippen LogP contribution in [0.1, 0.15) is 124 Å². The molecule has 0 aliphatic rings. The van der Waals surface area contributed by atoms with Crippen LogP contribution in [0.25, 0.3) is 0 Å². The summed E-state index contributed by atoms with van der Waals surface area (Å²) in [5.74, 6) is 0. The normalized spacial score (nSPS) is 12.6. The first-order chi connectivity index (χ1) is 14.9. The molecule has 0 bridgehead atoms. The highest BCUT2D eigenvalue weighted by Crippen LogP contribution is 2.32. The van der Waals surface area contributed by atoms with Gasteiger partial charge < -0.3 is 13.3 Å². The molecule has 0 saturated heterocycles. The summed E-state index contributed by atoms with van der Waals surface area (Å²) in [5.41, 5.74) is 0. The highest BCUT2D eigenvalue weighted by molar-refractivity contribution is 6.67. The van der Waals surface area contributed by atoms with Gasteiger partial charge in [0, 0.05) is 25.9 Å². The van der Waals surface area contributed by atoms with Crippen LogP contribution in [-0.4, -0.2) is 32.4 Å². The van der Waals surface area contributed by atoms with E-state index in [9.17, 15) is 0 Å². The van der Waals surface area contributed by atoms with E-state index in [1.807, 2.05) is 20.8 Å². The highest BCUT2D eigenvalue weighted by Gasteiger charge is 2.39. The molecule has 0 heterocycles. The second-order valence-electron chi connectivity index (χ2n) is 8.40. The van der Waals surface area contributed by atoms with Crippen LogP contribution in [0.3, 0.4) is 0 Å². The second-order valence-corrected chi connectivity index (χ2v) is 13.6. The molecular weight excluding hydrogens is 471 g/mol. The monoisotopic (exact) mass is 518 g/mol. The lowest BCUT2D eigenvalue weighted by Crippen LogP contribution is -2.45. The van der Waals surface area contributed by atoms with Gasteiger partial charge in [-0.25, -0.2) is 0 Å². The standard InChI is InChI=1S/C24H49Cl3O3Si/c1-4-28-31(29-5-2,30-6-3)23-21-19-17-15-13-11-9-7-8-10-12-14-16-18-20-22-24(25,26)27/h4-23H2,1-3H3. The Morgan fingerprint density at radius 3 is 1.06 bits per heavy atom. The number of hydrogen-bond donors (Lipinski definition) is 0. The number of halogens is 3. The van der Waals surface area contributed by atoms with E-state index in [1.165, 1.54) is 83.5 Å². The molecule has 0 fully saturated rings. The fraction of sp³-hybridized carbons (Fsp3) is 1.00. The fourth-order valence-electron chi connectivity index (χ4n) is 3.97. The molecule has 0 saturated carbocycles. The SMILES string of the molecule is CCO[Si](CCCCCCCCCCCCCCCCCC(Cl)(Cl)Cl)(OCC)OCC. The summed E-state index contributed by atoms with van der Waals surface area (Å²) >= 11 is 17.3. The zero-order valence-electron chi connectivity index (χ0n) is 20.5. The van der Waals surface area contributed by atoms with Crippen LogP contribution >= 0.6 is 34.8 Å². The Balaban J connectivity index is 3.44. The van der Waals surface area contributed by atoms with Gasteiger partial charge in [0.25, 0.3) is 0 Å². The van der Waals surface area contributed by atoms with E-state index in [2.05, 4.69) is 0 Å². The Kier molecular flexibility index (Phi) is 22.2. The zero-order chi connectivity index (χ0) is 23.3. The van der Waals surface area contributed by atoms with E-state index in [4.69, 9.17) is 48.1 Å². The van der Waals surface area contributed by atoms with Crippen LogP contribution in [0.15, 0.2) is 0 Å². The van der Waals surface area contributed by atoms with Gasteiger partial charge in [-0.3, -0.25) is 0 Å². The molecule has 0 aromatic rings. The summed E-state index contributed by atoms with van der Waals surface area (Å²) in [7, 11) is -2.43. The maximum atomic E-state index is 5.93. The van der Waals surface area contributed by atoms with Gasteiger partial charge in [0.15, 0.2) is 3.79 Å². The topological polar surface area (TPSA) is 27.7 Å². The minimum Gasteiger partial charge on any atom is -0.374 e. The second kappa shape index (κ2) is 21.5. The minimum atomic E-state index is -2.43. The van der Waals surface area contributed by atoms with Crippen LogP contribution < -0.4 is 0 Å². The van der Waals surface area contributed by atoms with Crippen molar-refractivity contribution >= 4 is 43.6 Å². The molecule has 0 radical (unpaired) electrons. The summed E-state index contributed by atoms with van der Waals surface area (Å²) in [4.78, 5) is 0. The predicted octanol–water partition coefficient (Wildman–Crippen LogP) is 9.65. The number of rotatable bonds is 23. The Morgan fingerprint density at radius 1 is 0.484 bits per heavy atom. The van der Waals surface area contributed by atoms with Crippen LogP contribution in [0, 0.1) is 0 Å². The van der Waals surface area contributed by atoms with E-state index in [1.54, 1.807) is 0 Å². The van der Waals surface area contributed by atoms with Gasteiger partial charge in [0.1, 0.15) is 0 Å². The lowest BCUT2D eigenvalue weighted by molar-refractivity contribution is 0.0706. The summed E-state index contributed by atoms with van der Waals surface area (Å²) in [5, 5.41) is 0. The van der Waals surface area contributed by atoms with Gasteiger partial charge in [-0.05, 0) is 40.0 Å². The summed E-state index contributed by atoms with van der Waals surface area (Å²) in [6.45, 7) is 8.09. The minimum absolute atomic E-state index is 0.671. The Hall–Kier alpha value is 0.967. The third-order valence-corrected chi connectivity index (χ3v) is 9.25. The molecule has 0 amide bonds. The fourth-order valence-corrected chi connectivity index (χ4v) is 7.05. The van der Waals surface area contributed by atoms with Crippen LogP contribution in [-0.2, 0) is 13.3 Å². The van der Waals surface area contributed by atoms with E-state index in [0.29, 0.717) is 26.2 Å². The van der Waals surface area contributed by atoms with Crippen LogP contribution in [0.4, 0.5) is 0 Å². The summed E-state index contributed by atoms with van der Waals surface area (Å²) in [6.07, 6.45) is 20.2. The molecule has 0 aliphatic heterocycles. The van der Waals surface area contributed by atoms with Crippen molar-refractivity contribution in [3.05, 3.63) is 0 Å². The van der Waals surface area contributed by atoms with Gasteiger partial charge in [0.05, 0.1) is 0 Å². The van der Waals surface area contributed by atoms with Gasteiger partial charge in [0.2, 0.25) is 0 Å². The zero-order valence-corrected chi connectivity index (χ0v) is 23.8. The van der Waals surface area contributed by atoms with E-state index < -0.39 is 12.6 Å². The van der Waals surface area contributed by atoms with Crippen molar-refractivity contribution in [1.82, 2.24) is 0 Å². The van der Waals surface area contributed by atoms with Gasteiger partial charge in [-0.2, -0.15) is 0 Å². The molecule has 188 valence electrons. The van der Waals surface area contributed by atoms with Gasteiger partial charge in [-0.15, -0.1) is 0 Å². The number of alkyl halides is 3. The highest BCUT2D eigenvalue weighted by atomic mass is 35.6. The molecule has 0 spiro atoms. The lowest BCUT2D eigenvalue weighted by atomic mass is 10.0. The molecule has 31 heavy (non-hydrogen) atoms. The van der Waals surface area contributed by atoms with Crippen molar-refractivity contribution in [2.24, 2.45) is 0 Å². The molecule has 7 heteroatoms. The molecular formula is C24H49Cl3O3Si. The van der Waals surface area contributed by atoms with E-state index in [0.717, 1.165) is 18.9 Å². The first kappa shape index (κ1) is 32.0. The molecule has 0 N–H and O–H groups in total. The van der Waals surface area contributed by atoms with Crippen LogP contribution in [0.5, 0.6) is 0 Å². The van der Waals surface area contributed by atoms with Gasteiger partial charge in [-0.1, -0.05) is 118 Å². The first-order valence-corrected chi connectivity index (χ1v) is 15.9. The average Bonchev–Trinajstić information content (AvgIpc) is 2.70. The summed E-state index contributed by atoms with van der Waals surface area (Å²) in [6, 6.07) is 0.954. The van der Waals surface area contributed by atoms with Crippen molar-refractivity contribution < 1.29 is 13.3 Å². The molecule has 0 aromatic heterocycles. The molecule has 0 atom stereocenters. The predicted molar refractivity (Wildman–Crippen MR) is 140 cm³/mol. The molecule has 3 nitrogen and oxygen atoms in total. The van der Waals surface area contributed by atoms with Crippen molar-refractivity contribution in [2.45, 2.75) is 133 Å². The largest absolute Gasteiger partial charge is 0.500 e. The Morgan fingerprint density at radius 2 is 0.774 bits per heavy atom. The Labute approximate surface area is 209 Å².